The van der Waals surface area contributed by atoms with Gasteiger partial charge in [0.1, 0.15) is 0 Å². The molecular formula is C6H9NO. The summed E-state index contributed by atoms with van der Waals surface area (Å²) in [5.74, 6) is 1.60. The third-order valence-electron chi connectivity index (χ3n) is 2.25. The van der Waals surface area contributed by atoms with Gasteiger partial charge >= 0.3 is 0 Å². The fourth-order valence-corrected chi connectivity index (χ4v) is 1.62. The minimum absolute atomic E-state index is 0.694. The van der Waals surface area contributed by atoms with E-state index in [-0.39, 0.29) is 0 Å². The Bertz CT molecular complexity index is 141. The first-order chi connectivity index (χ1) is 3.92. The Balaban J connectivity index is 2.17. The Morgan fingerprint density at radius 2 is 2.50 bits per heavy atom. The molecule has 2 saturated carbocycles. The second-order valence-electron chi connectivity index (χ2n) is 2.73. The van der Waals surface area contributed by atoms with Crippen molar-refractivity contribution in [3.05, 3.63) is 0 Å². The molecule has 2 fully saturated rings. The second kappa shape index (κ2) is 1.24. The Morgan fingerprint density at radius 3 is 2.75 bits per heavy atom. The molecule has 0 aromatic heterocycles. The molecule has 2 unspecified atom stereocenters. The van der Waals surface area contributed by atoms with Crippen LogP contribution in [0.4, 0.5) is 0 Å². The number of oxime groups is 1. The second-order valence-corrected chi connectivity index (χ2v) is 2.73. The van der Waals surface area contributed by atoms with E-state index in [9.17, 15) is 0 Å². The quantitative estimate of drug-likeness (QED) is 0.370. The molecule has 44 valence electrons. The summed E-state index contributed by atoms with van der Waals surface area (Å²) in [6.07, 6.45) is 3.61. The highest BCUT2D eigenvalue weighted by Crippen LogP contribution is 2.49. The number of hydrogen-bond acceptors (Lipinski definition) is 2. The molecular weight excluding hydrogens is 102 g/mol. The molecule has 2 aliphatic carbocycles. The average molecular weight is 111 g/mol. The van der Waals surface area contributed by atoms with E-state index in [4.69, 9.17) is 5.21 Å². The van der Waals surface area contributed by atoms with Crippen molar-refractivity contribution in [2.24, 2.45) is 17.0 Å². The van der Waals surface area contributed by atoms with Gasteiger partial charge in [-0.15, -0.1) is 0 Å². The van der Waals surface area contributed by atoms with Crippen molar-refractivity contribution in [2.75, 3.05) is 0 Å². The maximum absolute atomic E-state index is 8.35. The third-order valence-corrected chi connectivity index (χ3v) is 2.25. The van der Waals surface area contributed by atoms with E-state index in [1.54, 1.807) is 0 Å². The zero-order valence-corrected chi connectivity index (χ0v) is 4.67. The summed E-state index contributed by atoms with van der Waals surface area (Å²) < 4.78 is 0. The molecule has 8 heavy (non-hydrogen) atoms. The summed E-state index contributed by atoms with van der Waals surface area (Å²) >= 11 is 0. The van der Waals surface area contributed by atoms with Crippen LogP contribution in [0.5, 0.6) is 0 Å². The molecule has 0 heterocycles. The van der Waals surface area contributed by atoms with Gasteiger partial charge in [0.05, 0.1) is 5.71 Å². The van der Waals surface area contributed by atoms with Crippen LogP contribution in [-0.4, -0.2) is 10.9 Å². The molecule has 0 aromatic rings. The fourth-order valence-electron chi connectivity index (χ4n) is 1.62. The highest BCUT2D eigenvalue weighted by atomic mass is 16.4. The Labute approximate surface area is 48.2 Å². The third kappa shape index (κ3) is 0.403. The highest BCUT2D eigenvalue weighted by Gasteiger charge is 2.46. The van der Waals surface area contributed by atoms with Crippen LogP contribution in [0, 0.1) is 11.8 Å². The van der Waals surface area contributed by atoms with Gasteiger partial charge in [-0.25, -0.2) is 0 Å². The molecule has 2 atom stereocenters. The normalized spacial score (nSPS) is 47.2. The predicted molar refractivity (Wildman–Crippen MR) is 30.1 cm³/mol. The molecule has 2 aliphatic rings. The van der Waals surface area contributed by atoms with E-state index in [1.165, 1.54) is 12.8 Å². The van der Waals surface area contributed by atoms with Crippen molar-refractivity contribution >= 4 is 5.71 Å². The number of hydrogen-bond donors (Lipinski definition) is 1. The van der Waals surface area contributed by atoms with Crippen molar-refractivity contribution in [1.82, 2.24) is 0 Å². The Kier molecular flexibility index (Phi) is 0.678. The zero-order chi connectivity index (χ0) is 5.56. The molecule has 0 spiro atoms. The standard InChI is InChI=1S/C6H9NO/c8-7-6-2-1-4-3-5(4)6/h4-5,8H,1-3H2/b7-6-. The van der Waals surface area contributed by atoms with Gasteiger partial charge in [0.15, 0.2) is 0 Å². The van der Waals surface area contributed by atoms with Crippen LogP contribution >= 0.6 is 0 Å². The molecule has 0 aliphatic heterocycles. The number of fused-ring (bicyclic) bond motifs is 1. The predicted octanol–water partition coefficient (Wildman–Crippen LogP) is 1.25. The first-order valence-corrected chi connectivity index (χ1v) is 3.12. The molecule has 2 rings (SSSR count). The largest absolute Gasteiger partial charge is 0.411 e. The van der Waals surface area contributed by atoms with Crippen LogP contribution in [0.25, 0.3) is 0 Å². The number of rotatable bonds is 0. The maximum Gasteiger partial charge on any atom is 0.0604 e. The summed E-state index contributed by atoms with van der Waals surface area (Å²) in [7, 11) is 0. The van der Waals surface area contributed by atoms with Crippen molar-refractivity contribution in [1.29, 1.82) is 0 Å². The molecule has 0 saturated heterocycles. The van der Waals surface area contributed by atoms with Crippen molar-refractivity contribution in [3.8, 4) is 0 Å². The van der Waals surface area contributed by atoms with E-state index >= 15 is 0 Å². The van der Waals surface area contributed by atoms with Gasteiger partial charge in [-0.3, -0.25) is 0 Å². The summed E-state index contributed by atoms with van der Waals surface area (Å²) in [6, 6.07) is 0. The lowest BCUT2D eigenvalue weighted by Crippen LogP contribution is -1.93. The van der Waals surface area contributed by atoms with Crippen LogP contribution in [0.2, 0.25) is 0 Å². The van der Waals surface area contributed by atoms with Crippen LogP contribution in [0.15, 0.2) is 5.16 Å². The molecule has 2 nitrogen and oxygen atoms in total. The first kappa shape index (κ1) is 4.36. The van der Waals surface area contributed by atoms with Gasteiger partial charge in [0.25, 0.3) is 0 Å². The minimum Gasteiger partial charge on any atom is -0.411 e. The van der Waals surface area contributed by atoms with E-state index in [0.717, 1.165) is 18.1 Å². The fraction of sp³-hybridized carbons (Fsp3) is 0.833. The Morgan fingerprint density at radius 1 is 1.62 bits per heavy atom. The molecule has 0 aromatic carbocycles. The van der Waals surface area contributed by atoms with E-state index in [2.05, 4.69) is 5.16 Å². The summed E-state index contributed by atoms with van der Waals surface area (Å²) in [6.45, 7) is 0. The lowest BCUT2D eigenvalue weighted by molar-refractivity contribution is 0.316. The summed E-state index contributed by atoms with van der Waals surface area (Å²) in [4.78, 5) is 0. The van der Waals surface area contributed by atoms with Gasteiger partial charge in [0.2, 0.25) is 0 Å². The van der Waals surface area contributed by atoms with Crippen LogP contribution < -0.4 is 0 Å². The van der Waals surface area contributed by atoms with Crippen LogP contribution in [0.3, 0.4) is 0 Å². The SMILES string of the molecule is O/N=C1/CCC2CC12. The van der Waals surface area contributed by atoms with Crippen LogP contribution in [0.1, 0.15) is 19.3 Å². The van der Waals surface area contributed by atoms with Gasteiger partial charge in [0, 0.05) is 5.92 Å². The highest BCUT2D eigenvalue weighted by molar-refractivity contribution is 5.91. The first-order valence-electron chi connectivity index (χ1n) is 3.12. The summed E-state index contributed by atoms with van der Waals surface area (Å²) in [5.41, 5.74) is 1.05. The smallest absolute Gasteiger partial charge is 0.0604 e. The monoisotopic (exact) mass is 111 g/mol. The van der Waals surface area contributed by atoms with Crippen molar-refractivity contribution in [2.45, 2.75) is 19.3 Å². The number of nitrogens with zero attached hydrogens (tertiary/aromatic N) is 1. The van der Waals surface area contributed by atoms with Crippen molar-refractivity contribution < 1.29 is 5.21 Å². The lowest BCUT2D eigenvalue weighted by atomic mass is 10.2. The van der Waals surface area contributed by atoms with Crippen LogP contribution in [-0.2, 0) is 0 Å². The Hall–Kier alpha value is -0.530. The van der Waals surface area contributed by atoms with Gasteiger partial charge < -0.3 is 5.21 Å². The molecule has 2 heteroatoms. The molecule has 0 radical (unpaired) electrons. The average Bonchev–Trinajstić information content (AvgIpc) is 2.46. The van der Waals surface area contributed by atoms with E-state index < -0.39 is 0 Å². The molecule has 0 amide bonds. The van der Waals surface area contributed by atoms with Crippen molar-refractivity contribution in [3.63, 3.8) is 0 Å². The molecule has 0 bridgehead atoms. The van der Waals surface area contributed by atoms with Gasteiger partial charge in [-0.05, 0) is 25.2 Å². The van der Waals surface area contributed by atoms with Gasteiger partial charge in [-0.2, -0.15) is 0 Å². The van der Waals surface area contributed by atoms with E-state index in [0.29, 0.717) is 5.92 Å². The van der Waals surface area contributed by atoms with Gasteiger partial charge in [-0.1, -0.05) is 5.16 Å². The topological polar surface area (TPSA) is 32.6 Å². The lowest BCUT2D eigenvalue weighted by Gasteiger charge is -1.89. The van der Waals surface area contributed by atoms with E-state index in [1.807, 2.05) is 0 Å². The minimum atomic E-state index is 0.694. The summed E-state index contributed by atoms with van der Waals surface area (Å²) in [5, 5.41) is 11.6. The zero-order valence-electron chi connectivity index (χ0n) is 4.67. The molecule has 1 N–H and O–H groups in total. The maximum atomic E-state index is 8.35.